The molecule has 106 valence electrons. The van der Waals surface area contributed by atoms with Gasteiger partial charge in [-0.3, -0.25) is 0 Å². The summed E-state index contributed by atoms with van der Waals surface area (Å²) >= 11 is 0. The molecule has 2 unspecified atom stereocenters. The van der Waals surface area contributed by atoms with Crippen LogP contribution in [0.3, 0.4) is 0 Å². The van der Waals surface area contributed by atoms with Crippen molar-refractivity contribution in [1.29, 1.82) is 0 Å². The smallest absolute Gasteiger partial charge is 0.0812 e. The number of hydrogen-bond acceptors (Lipinski definition) is 2. The average molecular weight is 261 g/mol. The first-order valence-electron chi connectivity index (χ1n) is 7.80. The summed E-state index contributed by atoms with van der Waals surface area (Å²) in [7, 11) is 0. The standard InChI is InChI=1S/C17H27NO/c1-3-5-7-13(4-2)12-16(19)15-9-6-8-14-10-11-18-17(14)15/h6,8-9,13,16,18-19H,3-5,7,10-12H2,1-2H3. The van der Waals surface area contributed by atoms with Crippen molar-refractivity contribution in [2.45, 2.75) is 58.5 Å². The summed E-state index contributed by atoms with van der Waals surface area (Å²) in [5, 5.41) is 14.0. The molecule has 0 saturated heterocycles. The molecule has 0 aliphatic carbocycles. The van der Waals surface area contributed by atoms with Crippen LogP contribution >= 0.6 is 0 Å². The van der Waals surface area contributed by atoms with E-state index in [2.05, 4.69) is 37.4 Å². The molecule has 1 aromatic rings. The topological polar surface area (TPSA) is 32.3 Å². The molecule has 0 amide bonds. The highest BCUT2D eigenvalue weighted by Crippen LogP contribution is 2.34. The molecular formula is C17H27NO. The molecule has 0 saturated carbocycles. The third-order valence-corrected chi connectivity index (χ3v) is 4.34. The maximum absolute atomic E-state index is 10.5. The first-order valence-corrected chi connectivity index (χ1v) is 7.80. The molecular weight excluding hydrogens is 234 g/mol. The van der Waals surface area contributed by atoms with Crippen LogP contribution in [0.2, 0.25) is 0 Å². The lowest BCUT2D eigenvalue weighted by molar-refractivity contribution is 0.139. The molecule has 2 rings (SSSR count). The molecule has 0 bridgehead atoms. The Balaban J connectivity index is 2.03. The molecule has 2 atom stereocenters. The Kier molecular flexibility index (Phi) is 5.26. The highest BCUT2D eigenvalue weighted by atomic mass is 16.3. The van der Waals surface area contributed by atoms with E-state index in [1.807, 2.05) is 0 Å². The van der Waals surface area contributed by atoms with Gasteiger partial charge in [-0.2, -0.15) is 0 Å². The van der Waals surface area contributed by atoms with Crippen LogP contribution in [0.5, 0.6) is 0 Å². The molecule has 1 aromatic carbocycles. The van der Waals surface area contributed by atoms with Crippen molar-refractivity contribution in [3.05, 3.63) is 29.3 Å². The van der Waals surface area contributed by atoms with Gasteiger partial charge in [-0.05, 0) is 24.3 Å². The van der Waals surface area contributed by atoms with Crippen LogP contribution in [-0.2, 0) is 6.42 Å². The number of para-hydroxylation sites is 1. The molecule has 0 fully saturated rings. The summed E-state index contributed by atoms with van der Waals surface area (Å²) in [6, 6.07) is 6.33. The number of hydrogen-bond donors (Lipinski definition) is 2. The second-order valence-electron chi connectivity index (χ2n) is 5.73. The summed E-state index contributed by atoms with van der Waals surface area (Å²) < 4.78 is 0. The van der Waals surface area contributed by atoms with Gasteiger partial charge in [0, 0.05) is 17.8 Å². The van der Waals surface area contributed by atoms with Crippen LogP contribution in [-0.4, -0.2) is 11.7 Å². The SMILES string of the molecule is CCCCC(CC)CC(O)c1cccc2c1NCC2. The molecule has 2 heteroatoms. The Labute approximate surface area is 117 Å². The third kappa shape index (κ3) is 3.50. The zero-order chi connectivity index (χ0) is 13.7. The lowest BCUT2D eigenvalue weighted by atomic mass is 9.89. The van der Waals surface area contributed by atoms with Crippen LogP contribution in [0.1, 0.15) is 63.2 Å². The fourth-order valence-electron chi connectivity index (χ4n) is 3.07. The van der Waals surface area contributed by atoms with Gasteiger partial charge in [0.05, 0.1) is 6.10 Å². The third-order valence-electron chi connectivity index (χ3n) is 4.34. The van der Waals surface area contributed by atoms with Crippen molar-refractivity contribution in [2.75, 3.05) is 11.9 Å². The molecule has 0 spiro atoms. The van der Waals surface area contributed by atoms with Crippen molar-refractivity contribution in [2.24, 2.45) is 5.92 Å². The minimum atomic E-state index is -0.317. The van der Waals surface area contributed by atoms with Gasteiger partial charge in [-0.15, -0.1) is 0 Å². The highest BCUT2D eigenvalue weighted by molar-refractivity contribution is 5.61. The summed E-state index contributed by atoms with van der Waals surface area (Å²) in [6.45, 7) is 5.48. The number of fused-ring (bicyclic) bond motifs is 1. The molecule has 1 aliphatic heterocycles. The van der Waals surface area contributed by atoms with Gasteiger partial charge in [0.15, 0.2) is 0 Å². The molecule has 0 aromatic heterocycles. The van der Waals surface area contributed by atoms with E-state index in [0.717, 1.165) is 24.9 Å². The Bertz CT molecular complexity index is 402. The molecule has 2 N–H and O–H groups in total. The molecule has 19 heavy (non-hydrogen) atoms. The van der Waals surface area contributed by atoms with Gasteiger partial charge >= 0.3 is 0 Å². The molecule has 0 radical (unpaired) electrons. The fourth-order valence-corrected chi connectivity index (χ4v) is 3.07. The number of aliphatic hydroxyl groups excluding tert-OH is 1. The number of unbranched alkanes of at least 4 members (excludes halogenated alkanes) is 1. The Morgan fingerprint density at radius 2 is 2.16 bits per heavy atom. The Morgan fingerprint density at radius 3 is 2.89 bits per heavy atom. The van der Waals surface area contributed by atoms with E-state index < -0.39 is 0 Å². The minimum absolute atomic E-state index is 0.317. The normalized spacial score (nSPS) is 16.8. The predicted octanol–water partition coefficient (Wildman–Crippen LogP) is 4.29. The van der Waals surface area contributed by atoms with E-state index in [1.165, 1.54) is 36.9 Å². The molecule has 1 aliphatic rings. The zero-order valence-corrected chi connectivity index (χ0v) is 12.3. The van der Waals surface area contributed by atoms with E-state index in [4.69, 9.17) is 0 Å². The van der Waals surface area contributed by atoms with Crippen molar-refractivity contribution < 1.29 is 5.11 Å². The van der Waals surface area contributed by atoms with Gasteiger partial charge in [-0.1, -0.05) is 57.7 Å². The number of anilines is 1. The van der Waals surface area contributed by atoms with Crippen LogP contribution in [0, 0.1) is 5.92 Å². The number of rotatable bonds is 7. The zero-order valence-electron chi connectivity index (χ0n) is 12.3. The fraction of sp³-hybridized carbons (Fsp3) is 0.647. The van der Waals surface area contributed by atoms with Gasteiger partial charge in [0.25, 0.3) is 0 Å². The highest BCUT2D eigenvalue weighted by Gasteiger charge is 2.21. The van der Waals surface area contributed by atoms with E-state index in [-0.39, 0.29) is 6.10 Å². The van der Waals surface area contributed by atoms with Crippen LogP contribution < -0.4 is 5.32 Å². The first-order chi connectivity index (χ1) is 9.26. The number of benzene rings is 1. The van der Waals surface area contributed by atoms with Gasteiger partial charge in [-0.25, -0.2) is 0 Å². The average Bonchev–Trinajstić information content (AvgIpc) is 2.91. The van der Waals surface area contributed by atoms with E-state index in [0.29, 0.717) is 5.92 Å². The lowest BCUT2D eigenvalue weighted by Crippen LogP contribution is -2.09. The van der Waals surface area contributed by atoms with E-state index in [1.54, 1.807) is 0 Å². The molecule has 1 heterocycles. The molecule has 2 nitrogen and oxygen atoms in total. The van der Waals surface area contributed by atoms with Crippen molar-refractivity contribution in [1.82, 2.24) is 0 Å². The summed E-state index contributed by atoms with van der Waals surface area (Å²) in [6.07, 6.45) is 6.59. The van der Waals surface area contributed by atoms with Gasteiger partial charge < -0.3 is 10.4 Å². The predicted molar refractivity (Wildman–Crippen MR) is 81.5 cm³/mol. The summed E-state index contributed by atoms with van der Waals surface area (Å²) in [5.41, 5.74) is 3.66. The number of nitrogens with one attached hydrogen (secondary N) is 1. The van der Waals surface area contributed by atoms with Gasteiger partial charge in [0.1, 0.15) is 0 Å². The summed E-state index contributed by atoms with van der Waals surface area (Å²) in [5.74, 6) is 0.646. The number of aliphatic hydroxyl groups is 1. The van der Waals surface area contributed by atoms with E-state index in [9.17, 15) is 5.11 Å². The first kappa shape index (κ1) is 14.4. The van der Waals surface area contributed by atoms with Crippen molar-refractivity contribution in [3.8, 4) is 0 Å². The Hall–Kier alpha value is -1.02. The largest absolute Gasteiger partial charge is 0.388 e. The monoisotopic (exact) mass is 261 g/mol. The maximum Gasteiger partial charge on any atom is 0.0812 e. The van der Waals surface area contributed by atoms with Crippen LogP contribution in [0.25, 0.3) is 0 Å². The second kappa shape index (κ2) is 6.95. The quantitative estimate of drug-likeness (QED) is 0.767. The Morgan fingerprint density at radius 1 is 1.32 bits per heavy atom. The lowest BCUT2D eigenvalue weighted by Gasteiger charge is -2.21. The minimum Gasteiger partial charge on any atom is -0.388 e. The maximum atomic E-state index is 10.5. The van der Waals surface area contributed by atoms with E-state index >= 15 is 0 Å². The van der Waals surface area contributed by atoms with Crippen LogP contribution in [0.15, 0.2) is 18.2 Å². The van der Waals surface area contributed by atoms with Crippen LogP contribution in [0.4, 0.5) is 5.69 Å². The second-order valence-corrected chi connectivity index (χ2v) is 5.73. The van der Waals surface area contributed by atoms with Crippen molar-refractivity contribution >= 4 is 5.69 Å². The van der Waals surface area contributed by atoms with Gasteiger partial charge in [0.2, 0.25) is 0 Å². The van der Waals surface area contributed by atoms with Crippen molar-refractivity contribution in [3.63, 3.8) is 0 Å². The summed E-state index contributed by atoms with van der Waals surface area (Å²) in [4.78, 5) is 0.